The molecule has 3 nitrogen and oxygen atoms in total. The number of epoxide rings is 1. The van der Waals surface area contributed by atoms with Crippen LogP contribution in [0.3, 0.4) is 0 Å². The summed E-state index contributed by atoms with van der Waals surface area (Å²) in [7, 11) is 1.01. The topological polar surface area (TPSA) is 38.8 Å². The van der Waals surface area contributed by atoms with E-state index in [0.717, 1.165) is 13.2 Å². The van der Waals surface area contributed by atoms with Gasteiger partial charge >= 0.3 is 5.97 Å². The van der Waals surface area contributed by atoms with E-state index in [1.165, 1.54) is 6.08 Å². The van der Waals surface area contributed by atoms with Crippen LogP contribution in [0.25, 0.3) is 6.08 Å². The lowest BCUT2D eigenvalue weighted by atomic mass is 9.96. The molecule has 0 radical (unpaired) electrons. The molecule has 0 saturated carbocycles. The third-order valence-electron chi connectivity index (χ3n) is 3.98. The van der Waals surface area contributed by atoms with E-state index >= 15 is 0 Å². The van der Waals surface area contributed by atoms with Gasteiger partial charge in [0, 0.05) is 0 Å². The first-order valence-electron chi connectivity index (χ1n) is 7.35. The highest BCUT2D eigenvalue weighted by Crippen LogP contribution is 2.53. The lowest BCUT2D eigenvalue weighted by Gasteiger charge is -2.09. The van der Waals surface area contributed by atoms with E-state index in [1.54, 1.807) is 30.3 Å². The largest absolute Gasteiger partial charge is 0.467 e. The van der Waals surface area contributed by atoms with Crippen molar-refractivity contribution in [2.24, 2.45) is 0 Å². The second kappa shape index (κ2) is 6.53. The van der Waals surface area contributed by atoms with Crippen LogP contribution in [-0.2, 0) is 14.3 Å². The first kappa shape index (κ1) is 18.1. The summed E-state index contributed by atoms with van der Waals surface area (Å²) in [5.74, 6) is -11.6. The minimum absolute atomic E-state index is 0.627. The van der Waals surface area contributed by atoms with Crippen molar-refractivity contribution >= 4 is 12.0 Å². The molecule has 0 N–H and O–H groups in total. The summed E-state index contributed by atoms with van der Waals surface area (Å²) >= 11 is 0. The molecular formula is C18H11F5O3. The number of rotatable bonds is 4. The molecule has 0 bridgehead atoms. The average molecular weight is 370 g/mol. The molecule has 1 saturated heterocycles. The summed E-state index contributed by atoms with van der Waals surface area (Å²) in [5, 5.41) is 0. The molecule has 1 aliphatic rings. The highest BCUT2D eigenvalue weighted by Gasteiger charge is 2.65. The van der Waals surface area contributed by atoms with Crippen LogP contribution in [0.15, 0.2) is 36.4 Å². The number of halogens is 5. The van der Waals surface area contributed by atoms with Crippen LogP contribution in [-0.4, -0.2) is 18.7 Å². The molecule has 1 heterocycles. The van der Waals surface area contributed by atoms with Crippen molar-refractivity contribution in [2.45, 2.75) is 11.7 Å². The molecule has 2 unspecified atom stereocenters. The lowest BCUT2D eigenvalue weighted by molar-refractivity contribution is -0.144. The van der Waals surface area contributed by atoms with Gasteiger partial charge in [0.05, 0.1) is 12.7 Å². The first-order chi connectivity index (χ1) is 12.3. The van der Waals surface area contributed by atoms with E-state index < -0.39 is 52.3 Å². The maximum Gasteiger partial charge on any atom is 0.345 e. The fourth-order valence-electron chi connectivity index (χ4n) is 2.58. The zero-order chi connectivity index (χ0) is 19.1. The molecule has 0 aromatic heterocycles. The van der Waals surface area contributed by atoms with Crippen LogP contribution >= 0.6 is 0 Å². The van der Waals surface area contributed by atoms with Crippen molar-refractivity contribution in [3.05, 3.63) is 76.6 Å². The summed E-state index contributed by atoms with van der Waals surface area (Å²) in [6.07, 6.45) is 0.874. The fourth-order valence-corrected chi connectivity index (χ4v) is 2.58. The van der Waals surface area contributed by atoms with Crippen LogP contribution in [0.2, 0.25) is 0 Å². The number of carbonyl (C=O) groups is 1. The Kier molecular flexibility index (Phi) is 4.53. The zero-order valence-corrected chi connectivity index (χ0v) is 13.2. The van der Waals surface area contributed by atoms with Gasteiger partial charge in [0.25, 0.3) is 0 Å². The Morgan fingerprint density at radius 1 is 1.00 bits per heavy atom. The van der Waals surface area contributed by atoms with Crippen molar-refractivity contribution in [1.29, 1.82) is 0 Å². The third-order valence-corrected chi connectivity index (χ3v) is 3.98. The summed E-state index contributed by atoms with van der Waals surface area (Å²) < 4.78 is 77.7. The summed E-state index contributed by atoms with van der Waals surface area (Å²) in [5.41, 5.74) is -2.57. The van der Waals surface area contributed by atoms with Crippen LogP contribution in [0.4, 0.5) is 22.0 Å². The van der Waals surface area contributed by atoms with Crippen LogP contribution < -0.4 is 0 Å². The van der Waals surface area contributed by atoms with Gasteiger partial charge in [-0.3, -0.25) is 0 Å². The molecule has 0 spiro atoms. The second-order valence-corrected chi connectivity index (χ2v) is 5.51. The molecule has 26 heavy (non-hydrogen) atoms. The Morgan fingerprint density at radius 3 is 2.08 bits per heavy atom. The Bertz CT molecular complexity index is 868. The van der Waals surface area contributed by atoms with E-state index in [9.17, 15) is 26.7 Å². The summed E-state index contributed by atoms with van der Waals surface area (Å²) in [6.45, 7) is 0. The van der Waals surface area contributed by atoms with Crippen molar-refractivity contribution in [1.82, 2.24) is 0 Å². The Hall–Kier alpha value is -2.74. The molecule has 136 valence electrons. The second-order valence-electron chi connectivity index (χ2n) is 5.51. The lowest BCUT2D eigenvalue weighted by Crippen LogP contribution is -2.25. The quantitative estimate of drug-likeness (QED) is 0.268. The number of ether oxygens (including phenoxy) is 2. The van der Waals surface area contributed by atoms with E-state index in [0.29, 0.717) is 5.56 Å². The molecule has 3 rings (SSSR count). The van der Waals surface area contributed by atoms with Crippen molar-refractivity contribution in [2.75, 3.05) is 7.11 Å². The van der Waals surface area contributed by atoms with E-state index in [4.69, 9.17) is 4.74 Å². The van der Waals surface area contributed by atoms with Crippen molar-refractivity contribution < 1.29 is 36.2 Å². The standard InChI is InChI=1S/C18H11F5O3/c1-25-17(24)18(8-7-9-5-3-2-4-6-9)16(26-18)10-11(19)13(21)15(23)14(22)12(10)20/h2-8,16H,1H3/b8-7+. The van der Waals surface area contributed by atoms with Gasteiger partial charge in [-0.1, -0.05) is 36.4 Å². The molecule has 0 amide bonds. The normalized spacial score (nSPS) is 21.8. The molecular weight excluding hydrogens is 359 g/mol. The monoisotopic (exact) mass is 370 g/mol. The van der Waals surface area contributed by atoms with Gasteiger partial charge in [-0.15, -0.1) is 0 Å². The fraction of sp³-hybridized carbons (Fsp3) is 0.167. The molecule has 2 atom stereocenters. The molecule has 0 aliphatic carbocycles. The summed E-state index contributed by atoms with van der Waals surface area (Å²) in [4.78, 5) is 12.1. The number of hydrogen-bond acceptors (Lipinski definition) is 3. The molecule has 1 fully saturated rings. The smallest absolute Gasteiger partial charge is 0.345 e. The van der Waals surface area contributed by atoms with Gasteiger partial charge in [0.15, 0.2) is 23.3 Å². The van der Waals surface area contributed by atoms with E-state index in [1.807, 2.05) is 0 Å². The van der Waals surface area contributed by atoms with Crippen LogP contribution in [0.1, 0.15) is 17.2 Å². The Labute approximate surface area is 144 Å². The maximum absolute atomic E-state index is 14.0. The highest BCUT2D eigenvalue weighted by molar-refractivity contribution is 5.88. The van der Waals surface area contributed by atoms with Gasteiger partial charge in [-0.05, 0) is 11.6 Å². The average Bonchev–Trinajstić information content (AvgIpc) is 3.38. The molecule has 1 aliphatic heterocycles. The first-order valence-corrected chi connectivity index (χ1v) is 7.35. The van der Waals surface area contributed by atoms with Crippen molar-refractivity contribution in [3.63, 3.8) is 0 Å². The minimum Gasteiger partial charge on any atom is -0.467 e. The number of esters is 1. The number of benzene rings is 2. The maximum atomic E-state index is 14.0. The number of hydrogen-bond donors (Lipinski definition) is 0. The Morgan fingerprint density at radius 2 is 1.54 bits per heavy atom. The van der Waals surface area contributed by atoms with E-state index in [2.05, 4.69) is 4.74 Å². The Balaban J connectivity index is 2.05. The van der Waals surface area contributed by atoms with Gasteiger partial charge in [-0.25, -0.2) is 26.7 Å². The van der Waals surface area contributed by atoms with E-state index in [-0.39, 0.29) is 0 Å². The number of methoxy groups -OCH3 is 1. The van der Waals surface area contributed by atoms with Gasteiger partial charge in [0.1, 0.15) is 6.10 Å². The van der Waals surface area contributed by atoms with Gasteiger partial charge in [-0.2, -0.15) is 0 Å². The molecule has 8 heteroatoms. The number of carbonyl (C=O) groups excluding carboxylic acids is 1. The third kappa shape index (κ3) is 2.76. The van der Waals surface area contributed by atoms with Crippen LogP contribution in [0, 0.1) is 29.1 Å². The summed E-state index contributed by atoms with van der Waals surface area (Å²) in [6, 6.07) is 8.52. The zero-order valence-electron chi connectivity index (χ0n) is 13.2. The molecule has 2 aromatic carbocycles. The van der Waals surface area contributed by atoms with Crippen LogP contribution in [0.5, 0.6) is 0 Å². The van der Waals surface area contributed by atoms with Crippen molar-refractivity contribution in [3.8, 4) is 0 Å². The molecule has 2 aromatic rings. The SMILES string of the molecule is COC(=O)C1(/C=C/c2ccccc2)OC1c1c(F)c(F)c(F)c(F)c1F. The predicted octanol–water partition coefficient (Wildman–Crippen LogP) is 4.08. The van der Waals surface area contributed by atoms with Gasteiger partial charge < -0.3 is 9.47 Å². The highest BCUT2D eigenvalue weighted by atomic mass is 19.2. The minimum atomic E-state index is -2.28. The van der Waals surface area contributed by atoms with Gasteiger partial charge in [0.2, 0.25) is 11.4 Å². The predicted molar refractivity (Wildman–Crippen MR) is 80.3 cm³/mol.